The van der Waals surface area contributed by atoms with Crippen molar-refractivity contribution in [2.24, 2.45) is 0 Å². The Hall–Kier alpha value is -4.56. The van der Waals surface area contributed by atoms with E-state index in [1.807, 2.05) is 72.8 Å². The van der Waals surface area contributed by atoms with Crippen LogP contribution in [-0.2, 0) is 15.4 Å². The molecule has 3 N–H and O–H groups in total. The minimum atomic E-state index is -3.82. The molecule has 5 rings (SSSR count). The number of anilines is 1. The second-order valence-electron chi connectivity index (χ2n) is 10.8. The van der Waals surface area contributed by atoms with E-state index in [0.29, 0.717) is 35.6 Å². The fourth-order valence-corrected chi connectivity index (χ4v) is 5.67. The minimum absolute atomic E-state index is 0.0816. The smallest absolute Gasteiger partial charge is 0.268 e. The molecule has 0 bridgehead atoms. The van der Waals surface area contributed by atoms with Crippen LogP contribution in [0.3, 0.4) is 0 Å². The molecule has 1 aromatic heterocycles. The lowest BCUT2D eigenvalue weighted by Crippen LogP contribution is -2.28. The Morgan fingerprint density at radius 3 is 2.17 bits per heavy atom. The van der Waals surface area contributed by atoms with Gasteiger partial charge in [-0.3, -0.25) is 9.52 Å². The lowest BCUT2D eigenvalue weighted by Gasteiger charge is -2.19. The summed E-state index contributed by atoms with van der Waals surface area (Å²) in [6, 6.07) is 31.1. The van der Waals surface area contributed by atoms with Crippen LogP contribution in [0.2, 0.25) is 0 Å². The molecular formula is C33H33N3O4S. The van der Waals surface area contributed by atoms with Gasteiger partial charge >= 0.3 is 0 Å². The van der Waals surface area contributed by atoms with E-state index in [1.165, 1.54) is 0 Å². The number of aromatic nitrogens is 1. The number of aromatic amines is 1. The van der Waals surface area contributed by atoms with Crippen molar-refractivity contribution in [3.05, 3.63) is 114 Å². The lowest BCUT2D eigenvalue weighted by molar-refractivity contribution is 0.0943. The van der Waals surface area contributed by atoms with Crippen LogP contribution in [0.4, 0.5) is 5.69 Å². The lowest BCUT2D eigenvalue weighted by atomic mass is 9.87. The number of rotatable bonds is 9. The number of hydrogen-bond acceptors (Lipinski definition) is 4. The van der Waals surface area contributed by atoms with E-state index in [1.54, 1.807) is 30.3 Å². The number of nitrogens with one attached hydrogen (secondary N) is 3. The van der Waals surface area contributed by atoms with Crippen molar-refractivity contribution in [3.8, 4) is 16.9 Å². The zero-order valence-electron chi connectivity index (χ0n) is 23.3. The molecule has 0 saturated heterocycles. The number of ether oxygens (including phenoxy) is 1. The topological polar surface area (TPSA) is 100 Å². The van der Waals surface area contributed by atoms with Crippen molar-refractivity contribution >= 4 is 32.5 Å². The van der Waals surface area contributed by atoms with Crippen LogP contribution in [0.1, 0.15) is 36.8 Å². The third kappa shape index (κ3) is 6.44. The Bertz CT molecular complexity index is 1760. The fraction of sp³-hybridized carbons (Fsp3) is 0.182. The Kier molecular flexibility index (Phi) is 7.85. The molecule has 7 nitrogen and oxygen atoms in total. The first-order valence-corrected chi connectivity index (χ1v) is 14.9. The average Bonchev–Trinajstić information content (AvgIpc) is 3.34. The first-order valence-electron chi connectivity index (χ1n) is 13.4. The molecule has 0 fully saturated rings. The molecule has 0 aliphatic carbocycles. The van der Waals surface area contributed by atoms with E-state index in [2.05, 4.69) is 35.8 Å². The summed E-state index contributed by atoms with van der Waals surface area (Å²) in [7, 11) is -3.82. The van der Waals surface area contributed by atoms with Gasteiger partial charge in [0.05, 0.1) is 11.4 Å². The van der Waals surface area contributed by atoms with Crippen LogP contribution >= 0.6 is 0 Å². The Balaban J connectivity index is 1.41. The minimum Gasteiger partial charge on any atom is -0.492 e. The van der Waals surface area contributed by atoms with Crippen LogP contribution in [0.5, 0.6) is 5.75 Å². The maximum Gasteiger partial charge on any atom is 0.268 e. The molecule has 0 saturated carbocycles. The van der Waals surface area contributed by atoms with E-state index in [0.717, 1.165) is 22.3 Å². The molecule has 0 atom stereocenters. The predicted molar refractivity (Wildman–Crippen MR) is 164 cm³/mol. The molecule has 8 heteroatoms. The molecule has 0 spiro atoms. The standard InChI is InChI=1S/C33H33N3O4S/c1-33(2,3)24-14-17-27(18-15-24)41(38,39)36-25-16-19-29-28(22-25)30(23-10-6-4-7-11-23)31(35-29)32(37)34-20-21-40-26-12-8-5-9-13-26/h4-19,22,35-36H,20-21H2,1-3H3,(H,34,37). The summed E-state index contributed by atoms with van der Waals surface area (Å²) < 4.78 is 34.8. The number of fused-ring (bicyclic) bond motifs is 1. The second kappa shape index (κ2) is 11.5. The predicted octanol–water partition coefficient (Wildman–Crippen LogP) is 6.74. The van der Waals surface area contributed by atoms with Crippen molar-refractivity contribution in [1.29, 1.82) is 0 Å². The summed E-state index contributed by atoms with van der Waals surface area (Å²) in [5.41, 5.74) is 4.00. The zero-order valence-corrected chi connectivity index (χ0v) is 24.1. The van der Waals surface area contributed by atoms with Crippen molar-refractivity contribution in [2.45, 2.75) is 31.1 Å². The van der Waals surface area contributed by atoms with Crippen LogP contribution in [-0.4, -0.2) is 32.5 Å². The molecule has 0 unspecified atom stereocenters. The first-order chi connectivity index (χ1) is 19.6. The fourth-order valence-electron chi connectivity index (χ4n) is 4.62. The van der Waals surface area contributed by atoms with Crippen molar-refractivity contribution in [1.82, 2.24) is 10.3 Å². The number of benzene rings is 4. The van der Waals surface area contributed by atoms with Gasteiger partial charge in [0.15, 0.2) is 0 Å². The van der Waals surface area contributed by atoms with Crippen LogP contribution in [0, 0.1) is 0 Å². The SMILES string of the molecule is CC(C)(C)c1ccc(S(=O)(=O)Nc2ccc3[nH]c(C(=O)NCCOc4ccccc4)c(-c4ccccc4)c3c2)cc1. The summed E-state index contributed by atoms with van der Waals surface area (Å²) >= 11 is 0. The van der Waals surface area contributed by atoms with Gasteiger partial charge < -0.3 is 15.0 Å². The van der Waals surface area contributed by atoms with Gasteiger partial charge in [-0.05, 0) is 59.0 Å². The van der Waals surface area contributed by atoms with E-state index in [-0.39, 0.29) is 16.2 Å². The van der Waals surface area contributed by atoms with Gasteiger partial charge in [0.1, 0.15) is 18.1 Å². The quantitative estimate of drug-likeness (QED) is 0.172. The second-order valence-corrected chi connectivity index (χ2v) is 12.5. The van der Waals surface area contributed by atoms with Crippen molar-refractivity contribution in [2.75, 3.05) is 17.9 Å². The molecule has 1 heterocycles. The van der Waals surface area contributed by atoms with Gasteiger partial charge in [-0.15, -0.1) is 0 Å². The summed E-state index contributed by atoms with van der Waals surface area (Å²) in [5.74, 6) is 0.454. The Morgan fingerprint density at radius 2 is 1.51 bits per heavy atom. The molecule has 5 aromatic rings. The summed E-state index contributed by atoms with van der Waals surface area (Å²) in [6.07, 6.45) is 0. The largest absolute Gasteiger partial charge is 0.492 e. The highest BCUT2D eigenvalue weighted by Crippen LogP contribution is 2.35. The van der Waals surface area contributed by atoms with Gasteiger partial charge in [0, 0.05) is 22.2 Å². The van der Waals surface area contributed by atoms with E-state index >= 15 is 0 Å². The highest BCUT2D eigenvalue weighted by molar-refractivity contribution is 7.92. The third-order valence-corrected chi connectivity index (χ3v) is 8.17. The number of amides is 1. The summed E-state index contributed by atoms with van der Waals surface area (Å²) in [5, 5.41) is 3.65. The maximum absolute atomic E-state index is 13.3. The van der Waals surface area contributed by atoms with E-state index < -0.39 is 10.0 Å². The highest BCUT2D eigenvalue weighted by atomic mass is 32.2. The number of carbonyl (C=O) groups is 1. The van der Waals surface area contributed by atoms with E-state index in [4.69, 9.17) is 4.74 Å². The molecule has 4 aromatic carbocycles. The van der Waals surface area contributed by atoms with Gasteiger partial charge in [0.25, 0.3) is 15.9 Å². The molecule has 41 heavy (non-hydrogen) atoms. The first kappa shape index (κ1) is 28.0. The van der Waals surface area contributed by atoms with Crippen molar-refractivity contribution in [3.63, 3.8) is 0 Å². The van der Waals surface area contributed by atoms with E-state index in [9.17, 15) is 13.2 Å². The van der Waals surface area contributed by atoms with Gasteiger partial charge in [-0.1, -0.05) is 81.4 Å². The molecule has 0 aliphatic heterocycles. The van der Waals surface area contributed by atoms with Crippen LogP contribution in [0.15, 0.2) is 108 Å². The number of sulfonamides is 1. The number of para-hydroxylation sites is 1. The van der Waals surface area contributed by atoms with Gasteiger partial charge in [-0.2, -0.15) is 0 Å². The molecule has 210 valence electrons. The van der Waals surface area contributed by atoms with Crippen molar-refractivity contribution < 1.29 is 17.9 Å². The number of hydrogen-bond donors (Lipinski definition) is 3. The number of carbonyl (C=O) groups excluding carboxylic acids is 1. The monoisotopic (exact) mass is 567 g/mol. The highest BCUT2D eigenvalue weighted by Gasteiger charge is 2.21. The Morgan fingerprint density at radius 1 is 0.854 bits per heavy atom. The zero-order chi connectivity index (χ0) is 29.0. The molecular weight excluding hydrogens is 534 g/mol. The Labute approximate surface area is 240 Å². The molecule has 0 aliphatic rings. The third-order valence-electron chi connectivity index (χ3n) is 6.77. The number of H-pyrrole nitrogens is 1. The summed E-state index contributed by atoms with van der Waals surface area (Å²) in [6.45, 7) is 6.88. The molecule has 0 radical (unpaired) electrons. The van der Waals surface area contributed by atoms with Crippen LogP contribution in [0.25, 0.3) is 22.0 Å². The summed E-state index contributed by atoms with van der Waals surface area (Å²) in [4.78, 5) is 16.7. The van der Waals surface area contributed by atoms with Gasteiger partial charge in [-0.25, -0.2) is 8.42 Å². The maximum atomic E-state index is 13.3. The normalized spacial score (nSPS) is 11.8. The van der Waals surface area contributed by atoms with Crippen LogP contribution < -0.4 is 14.8 Å². The average molecular weight is 568 g/mol. The van der Waals surface area contributed by atoms with Gasteiger partial charge in [0.2, 0.25) is 0 Å². The molecule has 1 amide bonds.